The number of alkyl halides is 3. The zero-order valence-electron chi connectivity index (χ0n) is 12.7. The lowest BCUT2D eigenvalue weighted by Crippen LogP contribution is -2.35. The quantitative estimate of drug-likeness (QED) is 0.894. The number of anilines is 1. The lowest BCUT2D eigenvalue weighted by molar-refractivity contribution is -0.142. The maximum Gasteiger partial charge on any atom is 0.412 e. The van der Waals surface area contributed by atoms with Crippen molar-refractivity contribution < 1.29 is 21.6 Å². The number of hydrogen-bond acceptors (Lipinski definition) is 5. The third-order valence-corrected chi connectivity index (χ3v) is 4.59. The van der Waals surface area contributed by atoms with Crippen LogP contribution in [0.15, 0.2) is 58.7 Å². The molecule has 0 radical (unpaired) electrons. The number of sulfonamides is 1. The molecule has 1 aliphatic heterocycles. The van der Waals surface area contributed by atoms with Crippen LogP contribution in [-0.2, 0) is 10.0 Å². The van der Waals surface area contributed by atoms with Crippen LogP contribution in [0.2, 0.25) is 0 Å². The first-order valence-corrected chi connectivity index (χ1v) is 8.66. The van der Waals surface area contributed by atoms with Gasteiger partial charge < -0.3 is 4.90 Å². The summed E-state index contributed by atoms with van der Waals surface area (Å²) in [6, 6.07) is 6.60. The molecule has 1 aliphatic rings. The molecule has 6 nitrogen and oxygen atoms in total. The zero-order chi connectivity index (χ0) is 18.2. The molecule has 25 heavy (non-hydrogen) atoms. The number of aromatic nitrogens is 1. The molecule has 1 aromatic heterocycles. The number of nitrogens with two attached hydrogens (primary N) is 1. The zero-order valence-corrected chi connectivity index (χ0v) is 13.5. The molecular formula is C15H13F3N4O2S. The summed E-state index contributed by atoms with van der Waals surface area (Å²) in [5.41, 5.74) is 0.812. The van der Waals surface area contributed by atoms with Crippen molar-refractivity contribution in [3.63, 3.8) is 0 Å². The molecule has 0 bridgehead atoms. The van der Waals surface area contributed by atoms with Gasteiger partial charge in [0.25, 0.3) is 0 Å². The van der Waals surface area contributed by atoms with Crippen molar-refractivity contribution in [2.24, 2.45) is 10.1 Å². The molecule has 132 valence electrons. The first-order valence-electron chi connectivity index (χ1n) is 7.11. The van der Waals surface area contributed by atoms with Crippen LogP contribution >= 0.6 is 0 Å². The predicted octanol–water partition coefficient (Wildman–Crippen LogP) is 1.93. The Morgan fingerprint density at radius 1 is 1.16 bits per heavy atom. The highest BCUT2D eigenvalue weighted by molar-refractivity contribution is 7.89. The van der Waals surface area contributed by atoms with Crippen LogP contribution in [0.25, 0.3) is 0 Å². The molecule has 3 rings (SSSR count). The average Bonchev–Trinajstić information content (AvgIpc) is 3.00. The molecule has 0 spiro atoms. The van der Waals surface area contributed by atoms with Crippen molar-refractivity contribution in [3.8, 4) is 0 Å². The van der Waals surface area contributed by atoms with Gasteiger partial charge in [0.2, 0.25) is 10.0 Å². The topological polar surface area (TPSA) is 88.7 Å². The molecule has 0 saturated carbocycles. The second kappa shape index (κ2) is 6.12. The van der Waals surface area contributed by atoms with Gasteiger partial charge in [-0.05, 0) is 36.4 Å². The highest BCUT2D eigenvalue weighted by Crippen LogP contribution is 2.32. The summed E-state index contributed by atoms with van der Waals surface area (Å²) in [6.45, 7) is -0.400. The van der Waals surface area contributed by atoms with Crippen LogP contribution in [0.3, 0.4) is 0 Å². The molecule has 10 heteroatoms. The number of benzene rings is 1. The molecular weight excluding hydrogens is 357 g/mol. The number of halogens is 3. The summed E-state index contributed by atoms with van der Waals surface area (Å²) in [6.07, 6.45) is -1.56. The standard InChI is InChI=1S/C15H13F3N4O2S/c16-15(17,18)13-9-22(14(21-13)10-2-1-7-20-8-10)11-3-5-12(6-4-11)25(19,23)24/h1-8,13H,9H2,(H2,19,23,24). The van der Waals surface area contributed by atoms with Crippen molar-refractivity contribution in [2.45, 2.75) is 17.1 Å². The van der Waals surface area contributed by atoms with E-state index in [2.05, 4.69) is 9.98 Å². The molecule has 0 saturated heterocycles. The number of rotatable bonds is 3. The number of nitrogens with zero attached hydrogens (tertiary/aromatic N) is 3. The third kappa shape index (κ3) is 3.64. The molecule has 2 heterocycles. The van der Waals surface area contributed by atoms with Gasteiger partial charge in [-0.25, -0.2) is 13.6 Å². The number of pyridine rings is 1. The second-order valence-corrected chi connectivity index (χ2v) is 6.96. The molecule has 1 aromatic carbocycles. The van der Waals surface area contributed by atoms with Crippen LogP contribution in [0, 0.1) is 0 Å². The number of amidine groups is 1. The molecule has 0 fully saturated rings. The highest BCUT2D eigenvalue weighted by Gasteiger charge is 2.45. The molecule has 0 amide bonds. The van der Waals surface area contributed by atoms with E-state index in [1.165, 1.54) is 41.6 Å². The maximum absolute atomic E-state index is 13.1. The molecule has 2 N–H and O–H groups in total. The van der Waals surface area contributed by atoms with Crippen LogP contribution in [0.5, 0.6) is 0 Å². The van der Waals surface area contributed by atoms with Gasteiger partial charge in [0.1, 0.15) is 5.84 Å². The lowest BCUT2D eigenvalue weighted by Gasteiger charge is -2.22. The van der Waals surface area contributed by atoms with E-state index in [1.54, 1.807) is 12.1 Å². The van der Waals surface area contributed by atoms with Crippen molar-refractivity contribution in [3.05, 3.63) is 54.4 Å². The summed E-state index contributed by atoms with van der Waals surface area (Å²) in [5, 5.41) is 5.04. The van der Waals surface area contributed by atoms with E-state index in [0.29, 0.717) is 11.3 Å². The Hall–Kier alpha value is -2.46. The van der Waals surface area contributed by atoms with Crippen molar-refractivity contribution in [1.29, 1.82) is 0 Å². The van der Waals surface area contributed by atoms with Gasteiger partial charge in [-0.3, -0.25) is 9.98 Å². The fraction of sp³-hybridized carbons (Fsp3) is 0.200. The Balaban J connectivity index is 2.00. The van der Waals surface area contributed by atoms with Crippen LogP contribution < -0.4 is 10.0 Å². The van der Waals surface area contributed by atoms with E-state index in [4.69, 9.17) is 5.14 Å². The fourth-order valence-electron chi connectivity index (χ4n) is 2.46. The Morgan fingerprint density at radius 2 is 1.84 bits per heavy atom. The molecule has 2 aromatic rings. The number of primary sulfonamides is 1. The van der Waals surface area contributed by atoms with Gasteiger partial charge in [0.05, 0.1) is 11.4 Å². The maximum atomic E-state index is 13.1. The predicted molar refractivity (Wildman–Crippen MR) is 85.8 cm³/mol. The third-order valence-electron chi connectivity index (χ3n) is 3.66. The monoisotopic (exact) mass is 370 g/mol. The van der Waals surface area contributed by atoms with E-state index in [9.17, 15) is 21.6 Å². The first kappa shape index (κ1) is 17.4. The van der Waals surface area contributed by atoms with E-state index in [1.807, 2.05) is 0 Å². The van der Waals surface area contributed by atoms with Crippen LogP contribution in [0.1, 0.15) is 5.56 Å². The van der Waals surface area contributed by atoms with E-state index >= 15 is 0 Å². The van der Waals surface area contributed by atoms with E-state index < -0.39 is 28.8 Å². The normalized spacial score (nSPS) is 18.3. The largest absolute Gasteiger partial charge is 0.412 e. The minimum atomic E-state index is -4.48. The molecule has 1 unspecified atom stereocenters. The second-order valence-electron chi connectivity index (χ2n) is 5.40. The van der Waals surface area contributed by atoms with Crippen molar-refractivity contribution in [2.75, 3.05) is 11.4 Å². The minimum Gasteiger partial charge on any atom is -0.324 e. The minimum absolute atomic E-state index is 0.123. The summed E-state index contributed by atoms with van der Waals surface area (Å²) >= 11 is 0. The van der Waals surface area contributed by atoms with Gasteiger partial charge >= 0.3 is 6.18 Å². The first-order chi connectivity index (χ1) is 11.7. The summed E-state index contributed by atoms with van der Waals surface area (Å²) < 4.78 is 62.0. The smallest absolute Gasteiger partial charge is 0.324 e. The van der Waals surface area contributed by atoms with Gasteiger partial charge in [-0.15, -0.1) is 0 Å². The van der Waals surface area contributed by atoms with Crippen molar-refractivity contribution in [1.82, 2.24) is 4.98 Å². The average molecular weight is 370 g/mol. The Morgan fingerprint density at radius 3 is 2.36 bits per heavy atom. The van der Waals surface area contributed by atoms with Gasteiger partial charge in [-0.1, -0.05) is 0 Å². The Bertz CT molecular complexity index is 897. The van der Waals surface area contributed by atoms with Gasteiger partial charge in [0, 0.05) is 23.6 Å². The lowest BCUT2D eigenvalue weighted by atomic mass is 10.2. The highest BCUT2D eigenvalue weighted by atomic mass is 32.2. The SMILES string of the molecule is NS(=O)(=O)c1ccc(N2CC(C(F)(F)F)N=C2c2cccnc2)cc1. The van der Waals surface area contributed by atoms with Crippen LogP contribution in [-0.4, -0.2) is 38.0 Å². The van der Waals surface area contributed by atoms with Gasteiger partial charge in [0.15, 0.2) is 6.04 Å². The Kier molecular flexibility index (Phi) is 4.25. The molecule has 1 atom stereocenters. The van der Waals surface area contributed by atoms with Crippen molar-refractivity contribution >= 4 is 21.5 Å². The Labute approximate surface area is 141 Å². The van der Waals surface area contributed by atoms with Crippen LogP contribution in [0.4, 0.5) is 18.9 Å². The number of aliphatic imine (C=N–C) groups is 1. The summed E-state index contributed by atoms with van der Waals surface area (Å²) in [5.74, 6) is 0.124. The van der Waals surface area contributed by atoms with E-state index in [-0.39, 0.29) is 10.7 Å². The number of hydrogen-bond donors (Lipinski definition) is 1. The van der Waals surface area contributed by atoms with E-state index in [0.717, 1.165) is 0 Å². The molecule has 0 aliphatic carbocycles. The summed E-state index contributed by atoms with van der Waals surface area (Å²) in [7, 11) is -3.88. The fourth-order valence-corrected chi connectivity index (χ4v) is 2.98. The van der Waals surface area contributed by atoms with Gasteiger partial charge in [-0.2, -0.15) is 13.2 Å². The summed E-state index contributed by atoms with van der Waals surface area (Å²) in [4.78, 5) is 8.95.